The van der Waals surface area contributed by atoms with Crippen molar-refractivity contribution in [3.8, 4) is 0 Å². The predicted octanol–water partition coefficient (Wildman–Crippen LogP) is 8.13. The normalized spacial score (nSPS) is 19.9. The second-order valence-corrected chi connectivity index (χ2v) is 18.1. The summed E-state index contributed by atoms with van der Waals surface area (Å²) in [6.45, 7) is 22.0. The van der Waals surface area contributed by atoms with E-state index in [0.717, 1.165) is 0 Å². The Balaban J connectivity index is 1.91. The summed E-state index contributed by atoms with van der Waals surface area (Å²) in [6, 6.07) is 16.8. The Morgan fingerprint density at radius 1 is 0.625 bits per heavy atom. The number of hydrogen-bond acceptors (Lipinski definition) is 0. The summed E-state index contributed by atoms with van der Waals surface area (Å²) in [5, 5.41) is 4.55. The number of rotatable bonds is 1. The lowest BCUT2D eigenvalue weighted by atomic mass is 9.66. The van der Waals surface area contributed by atoms with Gasteiger partial charge in [-0.05, 0) is 67.1 Å². The Bertz CT molecular complexity index is 1270. The highest BCUT2D eigenvalue weighted by Crippen LogP contribution is 2.51. The molecule has 1 heteroatoms. The average molecular weight is 439 g/mol. The minimum atomic E-state index is -1.54. The first-order valence-electron chi connectivity index (χ1n) is 12.2. The fourth-order valence-corrected chi connectivity index (χ4v) is 8.06. The van der Waals surface area contributed by atoms with Crippen LogP contribution in [0.3, 0.4) is 0 Å². The lowest BCUT2D eigenvalue weighted by Crippen LogP contribution is -2.45. The van der Waals surface area contributed by atoms with Gasteiger partial charge in [0.2, 0.25) is 0 Å². The highest BCUT2D eigenvalue weighted by atomic mass is 28.3. The van der Waals surface area contributed by atoms with Crippen molar-refractivity contribution in [2.75, 3.05) is 0 Å². The van der Waals surface area contributed by atoms with E-state index in [9.17, 15) is 0 Å². The Morgan fingerprint density at radius 2 is 1.12 bits per heavy atom. The maximum atomic E-state index is 2.58. The van der Waals surface area contributed by atoms with E-state index < -0.39 is 8.07 Å². The average Bonchev–Trinajstić information content (AvgIpc) is 2.69. The van der Waals surface area contributed by atoms with Crippen LogP contribution in [0.15, 0.2) is 54.6 Å². The Labute approximate surface area is 195 Å². The summed E-state index contributed by atoms with van der Waals surface area (Å²) >= 11 is 0. The van der Waals surface area contributed by atoms with Gasteiger partial charge >= 0.3 is 0 Å². The van der Waals surface area contributed by atoms with Crippen molar-refractivity contribution >= 4 is 24.0 Å². The van der Waals surface area contributed by atoms with Gasteiger partial charge < -0.3 is 0 Å². The van der Waals surface area contributed by atoms with Gasteiger partial charge in [-0.3, -0.25) is 0 Å². The van der Waals surface area contributed by atoms with Gasteiger partial charge in [-0.1, -0.05) is 109 Å². The standard InChI is InChI=1S/C31H38Si/c1-30(2,3)28-24-18-26-23-15-14-22(20-12-10-11-13-21(20)23)25(26)16-19(24)17-27(32(7,8)9)29(28)31(4,5)6/h10-18,22-23H,1-9H3/t22-,23+/m0/s1. The van der Waals surface area contributed by atoms with Gasteiger partial charge in [-0.2, -0.15) is 0 Å². The highest BCUT2D eigenvalue weighted by molar-refractivity contribution is 6.89. The fourth-order valence-electron chi connectivity index (χ4n) is 6.22. The van der Waals surface area contributed by atoms with E-state index in [1.54, 1.807) is 16.3 Å². The zero-order chi connectivity index (χ0) is 23.2. The van der Waals surface area contributed by atoms with Crippen LogP contribution in [0, 0.1) is 0 Å². The summed E-state index contributed by atoms with van der Waals surface area (Å²) in [5.74, 6) is 0.782. The van der Waals surface area contributed by atoms with Crippen LogP contribution in [0.25, 0.3) is 10.8 Å². The molecule has 3 aromatic rings. The molecule has 3 aliphatic carbocycles. The number of hydrogen-bond donors (Lipinski definition) is 0. The minimum absolute atomic E-state index is 0.0895. The largest absolute Gasteiger partial charge is 0.0780 e. The highest BCUT2D eigenvalue weighted by Gasteiger charge is 2.37. The first-order chi connectivity index (χ1) is 14.8. The molecule has 0 nitrogen and oxygen atoms in total. The molecule has 6 rings (SSSR count). The molecule has 0 N–H and O–H groups in total. The van der Waals surface area contributed by atoms with E-state index in [1.165, 1.54) is 33.0 Å². The molecule has 0 spiro atoms. The van der Waals surface area contributed by atoms with E-state index in [2.05, 4.69) is 116 Å². The molecule has 0 saturated heterocycles. The van der Waals surface area contributed by atoms with Gasteiger partial charge in [0.05, 0.1) is 8.07 Å². The van der Waals surface area contributed by atoms with E-state index in [-0.39, 0.29) is 10.8 Å². The smallest absolute Gasteiger partial charge is 0.0757 e. The third kappa shape index (κ3) is 3.16. The van der Waals surface area contributed by atoms with Crippen molar-refractivity contribution in [3.63, 3.8) is 0 Å². The van der Waals surface area contributed by atoms with Crippen LogP contribution in [0.5, 0.6) is 0 Å². The third-order valence-corrected chi connectivity index (χ3v) is 9.49. The molecule has 0 radical (unpaired) electrons. The molecule has 0 saturated carbocycles. The van der Waals surface area contributed by atoms with Crippen LogP contribution in [-0.2, 0) is 10.8 Å². The predicted molar refractivity (Wildman–Crippen MR) is 144 cm³/mol. The van der Waals surface area contributed by atoms with Crippen molar-refractivity contribution in [2.45, 2.75) is 83.8 Å². The number of allylic oxidation sites excluding steroid dienone is 2. The topological polar surface area (TPSA) is 0 Å². The summed E-state index contributed by atoms with van der Waals surface area (Å²) in [4.78, 5) is 0. The molecule has 32 heavy (non-hydrogen) atoms. The van der Waals surface area contributed by atoms with Crippen LogP contribution >= 0.6 is 0 Å². The molecule has 3 aliphatic rings. The molecular weight excluding hydrogens is 400 g/mol. The van der Waals surface area contributed by atoms with Crippen LogP contribution < -0.4 is 5.19 Å². The summed E-state index contributed by atoms with van der Waals surface area (Å²) in [5.41, 5.74) is 9.43. The lowest BCUT2D eigenvalue weighted by molar-refractivity contribution is 0.537. The summed E-state index contributed by atoms with van der Waals surface area (Å²) in [6.07, 6.45) is 4.88. The van der Waals surface area contributed by atoms with Crippen molar-refractivity contribution in [1.29, 1.82) is 0 Å². The first-order valence-corrected chi connectivity index (χ1v) is 15.7. The van der Waals surface area contributed by atoms with Crippen LogP contribution in [-0.4, -0.2) is 8.07 Å². The molecule has 0 heterocycles. The first kappa shape index (κ1) is 21.7. The van der Waals surface area contributed by atoms with Crippen LogP contribution in [0.1, 0.15) is 86.8 Å². The van der Waals surface area contributed by atoms with Crippen LogP contribution in [0.4, 0.5) is 0 Å². The van der Waals surface area contributed by atoms with E-state index in [0.29, 0.717) is 11.8 Å². The number of fused-ring (bicyclic) bond motifs is 1. The molecule has 2 bridgehead atoms. The number of benzene rings is 3. The van der Waals surface area contributed by atoms with Gasteiger partial charge in [0.1, 0.15) is 0 Å². The summed E-state index contributed by atoms with van der Waals surface area (Å²) in [7, 11) is -1.54. The van der Waals surface area contributed by atoms with Crippen molar-refractivity contribution in [3.05, 3.63) is 88.0 Å². The Kier molecular flexibility index (Phi) is 4.54. The molecule has 0 aliphatic heterocycles. The van der Waals surface area contributed by atoms with E-state index in [1.807, 2.05) is 0 Å². The van der Waals surface area contributed by atoms with Gasteiger partial charge in [-0.15, -0.1) is 0 Å². The van der Waals surface area contributed by atoms with Crippen LogP contribution in [0.2, 0.25) is 19.6 Å². The Morgan fingerprint density at radius 3 is 1.59 bits per heavy atom. The fraction of sp³-hybridized carbons (Fsp3) is 0.419. The lowest BCUT2D eigenvalue weighted by Gasteiger charge is -2.39. The second kappa shape index (κ2) is 6.70. The maximum Gasteiger partial charge on any atom is 0.0780 e. The third-order valence-electron chi connectivity index (χ3n) is 7.48. The second-order valence-electron chi connectivity index (χ2n) is 13.1. The molecule has 0 fully saturated rings. The monoisotopic (exact) mass is 438 g/mol. The molecule has 2 atom stereocenters. The van der Waals surface area contributed by atoms with E-state index >= 15 is 0 Å². The van der Waals surface area contributed by atoms with Gasteiger partial charge in [0.25, 0.3) is 0 Å². The van der Waals surface area contributed by atoms with Gasteiger partial charge in [-0.25, -0.2) is 0 Å². The molecular formula is C31H38Si. The minimum Gasteiger partial charge on any atom is -0.0757 e. The Hall–Kier alpha value is -2.12. The van der Waals surface area contributed by atoms with Crippen molar-refractivity contribution in [2.24, 2.45) is 0 Å². The molecule has 166 valence electrons. The van der Waals surface area contributed by atoms with Crippen molar-refractivity contribution < 1.29 is 0 Å². The molecule has 0 unspecified atom stereocenters. The summed E-state index contributed by atoms with van der Waals surface area (Å²) < 4.78 is 0. The van der Waals surface area contributed by atoms with Gasteiger partial charge in [0.15, 0.2) is 0 Å². The SMILES string of the molecule is CC(C)(C)c1c([Si](C)(C)C)cc2cc3c(cc2c1C(C)(C)C)[C@@H]1C=C[C@H]3c2ccccc21. The van der Waals surface area contributed by atoms with E-state index in [4.69, 9.17) is 0 Å². The zero-order valence-corrected chi connectivity index (χ0v) is 22.4. The van der Waals surface area contributed by atoms with Crippen molar-refractivity contribution in [1.82, 2.24) is 0 Å². The van der Waals surface area contributed by atoms with Gasteiger partial charge in [0, 0.05) is 11.8 Å². The molecule has 0 amide bonds. The quantitative estimate of drug-likeness (QED) is 0.266. The molecule has 0 aromatic heterocycles. The zero-order valence-electron chi connectivity index (χ0n) is 21.4. The maximum absolute atomic E-state index is 2.58. The molecule has 3 aromatic carbocycles.